The standard InChI is InChI=1S/C27H31BrN2O5S/c1-6-33-22-13-19(12-21(28)25(22)35-16-24(31)34-7-2)14-23-26(32)30(15-17(3)4)27(36-23)29-20-10-8-18(5)9-11-20/h8-14,17H,6-7,15-16H2,1-5H3/b23-14+,29-27?. The van der Waals surface area contributed by atoms with Crippen molar-refractivity contribution in [2.75, 3.05) is 26.4 Å². The third-order valence-electron chi connectivity index (χ3n) is 4.96. The molecule has 192 valence electrons. The minimum Gasteiger partial charge on any atom is -0.490 e. The van der Waals surface area contributed by atoms with Gasteiger partial charge in [-0.2, -0.15) is 0 Å². The number of aliphatic imine (C=N–C) groups is 1. The first kappa shape index (κ1) is 27.8. The van der Waals surface area contributed by atoms with Gasteiger partial charge in [-0.3, -0.25) is 9.69 Å². The molecule has 0 N–H and O–H groups in total. The molecule has 1 saturated heterocycles. The number of halogens is 1. The van der Waals surface area contributed by atoms with Crippen LogP contribution >= 0.6 is 27.7 Å². The predicted molar refractivity (Wildman–Crippen MR) is 148 cm³/mol. The molecule has 36 heavy (non-hydrogen) atoms. The Morgan fingerprint density at radius 3 is 2.50 bits per heavy atom. The Morgan fingerprint density at radius 1 is 1.14 bits per heavy atom. The van der Waals surface area contributed by atoms with Gasteiger partial charge < -0.3 is 14.2 Å². The number of hydrogen-bond donors (Lipinski definition) is 0. The first-order valence-electron chi connectivity index (χ1n) is 11.8. The van der Waals surface area contributed by atoms with Crippen molar-refractivity contribution in [2.24, 2.45) is 10.9 Å². The Morgan fingerprint density at radius 2 is 1.86 bits per heavy atom. The van der Waals surface area contributed by atoms with Crippen LogP contribution in [0, 0.1) is 12.8 Å². The summed E-state index contributed by atoms with van der Waals surface area (Å²) in [7, 11) is 0. The number of amides is 1. The molecule has 0 aromatic heterocycles. The zero-order chi connectivity index (χ0) is 26.2. The number of carbonyl (C=O) groups excluding carboxylic acids is 2. The normalized spacial score (nSPS) is 15.8. The lowest BCUT2D eigenvalue weighted by atomic mass is 10.1. The maximum absolute atomic E-state index is 13.3. The number of hydrogen-bond acceptors (Lipinski definition) is 7. The molecule has 0 saturated carbocycles. The third kappa shape index (κ3) is 7.36. The summed E-state index contributed by atoms with van der Waals surface area (Å²) in [5, 5.41) is 0.655. The van der Waals surface area contributed by atoms with Crippen LogP contribution in [-0.2, 0) is 14.3 Å². The molecule has 1 aliphatic rings. The summed E-state index contributed by atoms with van der Waals surface area (Å²) < 4.78 is 17.0. The van der Waals surface area contributed by atoms with E-state index in [-0.39, 0.29) is 25.0 Å². The Labute approximate surface area is 225 Å². The van der Waals surface area contributed by atoms with Gasteiger partial charge in [0.1, 0.15) is 0 Å². The van der Waals surface area contributed by atoms with Gasteiger partial charge in [0.05, 0.1) is 28.3 Å². The minimum atomic E-state index is -0.461. The summed E-state index contributed by atoms with van der Waals surface area (Å²) >= 11 is 4.87. The molecule has 0 radical (unpaired) electrons. The summed E-state index contributed by atoms with van der Waals surface area (Å²) in [5.41, 5.74) is 2.71. The zero-order valence-electron chi connectivity index (χ0n) is 21.2. The van der Waals surface area contributed by atoms with Crippen molar-refractivity contribution < 1.29 is 23.8 Å². The quantitative estimate of drug-likeness (QED) is 0.243. The van der Waals surface area contributed by atoms with E-state index in [1.165, 1.54) is 11.8 Å². The number of aryl methyl sites for hydroxylation is 1. The van der Waals surface area contributed by atoms with Crippen molar-refractivity contribution in [3.63, 3.8) is 0 Å². The molecule has 0 unspecified atom stereocenters. The Balaban J connectivity index is 1.93. The van der Waals surface area contributed by atoms with Gasteiger partial charge in [-0.15, -0.1) is 0 Å². The molecule has 9 heteroatoms. The lowest BCUT2D eigenvalue weighted by Crippen LogP contribution is -2.32. The van der Waals surface area contributed by atoms with E-state index in [0.29, 0.717) is 39.2 Å². The van der Waals surface area contributed by atoms with E-state index in [9.17, 15) is 9.59 Å². The molecular formula is C27H31BrN2O5S. The summed E-state index contributed by atoms with van der Waals surface area (Å²) in [4.78, 5) is 32.1. The van der Waals surface area contributed by atoms with Crippen LogP contribution in [0.3, 0.4) is 0 Å². The Hall–Kier alpha value is -2.78. The summed E-state index contributed by atoms with van der Waals surface area (Å²) in [6.07, 6.45) is 1.82. The predicted octanol–water partition coefficient (Wildman–Crippen LogP) is 6.36. The Bertz CT molecular complexity index is 1160. The topological polar surface area (TPSA) is 77.4 Å². The molecule has 3 rings (SSSR count). The van der Waals surface area contributed by atoms with E-state index in [2.05, 4.69) is 29.8 Å². The molecule has 0 bridgehead atoms. The summed E-state index contributed by atoms with van der Waals surface area (Å²) in [6.45, 7) is 10.8. The van der Waals surface area contributed by atoms with Gasteiger partial charge in [-0.25, -0.2) is 9.79 Å². The van der Waals surface area contributed by atoms with Crippen LogP contribution in [0.25, 0.3) is 6.08 Å². The van der Waals surface area contributed by atoms with Crippen LogP contribution in [0.5, 0.6) is 11.5 Å². The van der Waals surface area contributed by atoms with Gasteiger partial charge in [0, 0.05) is 6.54 Å². The van der Waals surface area contributed by atoms with Gasteiger partial charge in [-0.1, -0.05) is 31.5 Å². The van der Waals surface area contributed by atoms with Crippen molar-refractivity contribution in [1.82, 2.24) is 4.90 Å². The fourth-order valence-electron chi connectivity index (χ4n) is 3.41. The first-order valence-corrected chi connectivity index (χ1v) is 13.4. The number of esters is 1. The molecule has 1 fully saturated rings. The van der Waals surface area contributed by atoms with Gasteiger partial charge in [0.2, 0.25) is 0 Å². The minimum absolute atomic E-state index is 0.0868. The van der Waals surface area contributed by atoms with Crippen molar-refractivity contribution in [2.45, 2.75) is 34.6 Å². The molecular weight excluding hydrogens is 544 g/mol. The molecule has 1 aliphatic heterocycles. The fourth-order valence-corrected chi connectivity index (χ4v) is 4.99. The lowest BCUT2D eigenvalue weighted by Gasteiger charge is -2.17. The van der Waals surface area contributed by atoms with Crippen molar-refractivity contribution >= 4 is 56.5 Å². The summed E-state index contributed by atoms with van der Waals surface area (Å²) in [6, 6.07) is 11.5. The van der Waals surface area contributed by atoms with E-state index < -0.39 is 5.97 Å². The first-order chi connectivity index (χ1) is 17.2. The second-order valence-corrected chi connectivity index (χ2v) is 10.4. The number of carbonyl (C=O) groups is 2. The highest BCUT2D eigenvalue weighted by molar-refractivity contribution is 9.10. The molecule has 0 spiro atoms. The molecule has 1 heterocycles. The Kier molecular flexibility index (Phi) is 10.0. The van der Waals surface area contributed by atoms with Gasteiger partial charge in [0.25, 0.3) is 5.91 Å². The number of benzene rings is 2. The van der Waals surface area contributed by atoms with Crippen LogP contribution < -0.4 is 9.47 Å². The fraction of sp³-hybridized carbons (Fsp3) is 0.370. The second kappa shape index (κ2) is 13.0. The third-order valence-corrected chi connectivity index (χ3v) is 6.56. The van der Waals surface area contributed by atoms with Crippen molar-refractivity contribution in [1.29, 1.82) is 0 Å². The maximum atomic E-state index is 13.3. The van der Waals surface area contributed by atoms with Gasteiger partial charge in [-0.05, 0) is 90.3 Å². The molecule has 7 nitrogen and oxygen atoms in total. The van der Waals surface area contributed by atoms with E-state index >= 15 is 0 Å². The zero-order valence-corrected chi connectivity index (χ0v) is 23.6. The largest absolute Gasteiger partial charge is 0.490 e. The van der Waals surface area contributed by atoms with Crippen LogP contribution in [0.15, 0.2) is 50.8 Å². The van der Waals surface area contributed by atoms with Crippen LogP contribution in [0.1, 0.15) is 38.8 Å². The van der Waals surface area contributed by atoms with Crippen LogP contribution in [0.4, 0.5) is 5.69 Å². The highest BCUT2D eigenvalue weighted by Crippen LogP contribution is 2.40. The SMILES string of the molecule is CCOC(=O)COc1c(Br)cc(/C=C2/SC(=Nc3ccc(C)cc3)N(CC(C)C)C2=O)cc1OCC. The van der Waals surface area contributed by atoms with Gasteiger partial charge >= 0.3 is 5.97 Å². The maximum Gasteiger partial charge on any atom is 0.344 e. The number of thioether (sulfide) groups is 1. The van der Waals surface area contributed by atoms with E-state index in [1.807, 2.05) is 50.3 Å². The second-order valence-electron chi connectivity index (χ2n) is 8.51. The van der Waals surface area contributed by atoms with E-state index in [4.69, 9.17) is 19.2 Å². The van der Waals surface area contributed by atoms with E-state index in [1.54, 1.807) is 17.9 Å². The van der Waals surface area contributed by atoms with Crippen LogP contribution in [-0.4, -0.2) is 48.3 Å². The number of nitrogens with zero attached hydrogens (tertiary/aromatic N) is 2. The van der Waals surface area contributed by atoms with Gasteiger partial charge in [0.15, 0.2) is 23.3 Å². The molecule has 2 aromatic rings. The van der Waals surface area contributed by atoms with Crippen molar-refractivity contribution in [3.05, 3.63) is 56.9 Å². The highest BCUT2D eigenvalue weighted by atomic mass is 79.9. The molecule has 0 aliphatic carbocycles. The lowest BCUT2D eigenvalue weighted by molar-refractivity contribution is -0.145. The smallest absolute Gasteiger partial charge is 0.344 e. The van der Waals surface area contributed by atoms with E-state index in [0.717, 1.165) is 16.8 Å². The molecule has 1 amide bonds. The van der Waals surface area contributed by atoms with Crippen LogP contribution in [0.2, 0.25) is 0 Å². The number of rotatable bonds is 10. The number of ether oxygens (including phenoxy) is 3. The molecule has 0 atom stereocenters. The molecule has 2 aromatic carbocycles. The monoisotopic (exact) mass is 574 g/mol. The average Bonchev–Trinajstić information content (AvgIpc) is 3.08. The summed E-state index contributed by atoms with van der Waals surface area (Å²) in [5.74, 6) is 0.603. The number of amidine groups is 1. The van der Waals surface area contributed by atoms with Crippen molar-refractivity contribution in [3.8, 4) is 11.5 Å². The highest BCUT2D eigenvalue weighted by Gasteiger charge is 2.34. The average molecular weight is 576 g/mol.